The van der Waals surface area contributed by atoms with Gasteiger partial charge in [0, 0.05) is 23.7 Å². The predicted molar refractivity (Wildman–Crippen MR) is 77.0 cm³/mol. The Morgan fingerprint density at radius 3 is 2.89 bits per heavy atom. The number of nitrogens with zero attached hydrogens (tertiary/aromatic N) is 1. The Hall–Kier alpha value is -1.36. The largest absolute Gasteiger partial charge is 0.376 e. The molecule has 5 heteroatoms. The van der Waals surface area contributed by atoms with Gasteiger partial charge in [0.05, 0.1) is 18.7 Å². The molecular weight excluding hydrogens is 264 g/mol. The van der Waals surface area contributed by atoms with E-state index in [1.165, 1.54) is 0 Å². The van der Waals surface area contributed by atoms with Crippen LogP contribution in [0, 0.1) is 0 Å². The van der Waals surface area contributed by atoms with Gasteiger partial charge >= 0.3 is 0 Å². The lowest BCUT2D eigenvalue weighted by molar-refractivity contribution is 0.000654. The molecule has 102 valence electrons. The van der Waals surface area contributed by atoms with E-state index in [1.807, 2.05) is 30.5 Å². The first-order valence-electron chi connectivity index (χ1n) is 6.13. The van der Waals surface area contributed by atoms with Crippen molar-refractivity contribution in [1.82, 2.24) is 9.88 Å². The van der Waals surface area contributed by atoms with Crippen LogP contribution in [0.15, 0.2) is 30.5 Å². The van der Waals surface area contributed by atoms with Crippen molar-refractivity contribution in [3.05, 3.63) is 36.0 Å². The van der Waals surface area contributed by atoms with E-state index in [1.54, 1.807) is 0 Å². The van der Waals surface area contributed by atoms with Crippen LogP contribution in [0.25, 0.3) is 10.9 Å². The summed E-state index contributed by atoms with van der Waals surface area (Å²) in [7, 11) is 0. The number of morpholine rings is 1. The maximum absolute atomic E-state index is 11.2. The van der Waals surface area contributed by atoms with E-state index in [4.69, 9.17) is 4.74 Å². The first kappa shape index (κ1) is 14.1. The van der Waals surface area contributed by atoms with Crippen molar-refractivity contribution >= 4 is 29.6 Å². The summed E-state index contributed by atoms with van der Waals surface area (Å²) in [6.07, 6.45) is 2.81. The van der Waals surface area contributed by atoms with Crippen molar-refractivity contribution in [2.75, 3.05) is 19.8 Å². The minimum atomic E-state index is -0.293. The van der Waals surface area contributed by atoms with Crippen LogP contribution in [0.4, 0.5) is 0 Å². The highest BCUT2D eigenvalue weighted by molar-refractivity contribution is 5.97. The molecule has 0 amide bonds. The molecule has 0 radical (unpaired) electrons. The summed E-state index contributed by atoms with van der Waals surface area (Å²) >= 11 is 0. The van der Waals surface area contributed by atoms with Crippen molar-refractivity contribution in [1.29, 1.82) is 0 Å². The van der Waals surface area contributed by atoms with Crippen molar-refractivity contribution in [2.45, 2.75) is 12.6 Å². The molecule has 2 aromatic rings. The van der Waals surface area contributed by atoms with E-state index in [2.05, 4.69) is 16.8 Å². The molecule has 3 rings (SSSR count). The van der Waals surface area contributed by atoms with Gasteiger partial charge in [-0.15, -0.1) is 12.4 Å². The summed E-state index contributed by atoms with van der Waals surface area (Å²) in [6, 6.07) is 7.94. The highest BCUT2D eigenvalue weighted by Gasteiger charge is 2.30. The van der Waals surface area contributed by atoms with E-state index >= 15 is 0 Å². The normalized spacial score (nSPS) is 23.0. The fourth-order valence-corrected chi connectivity index (χ4v) is 2.58. The van der Waals surface area contributed by atoms with E-state index in [-0.39, 0.29) is 18.1 Å². The number of para-hydroxylation sites is 1. The summed E-state index contributed by atoms with van der Waals surface area (Å²) in [5.74, 6) is 0. The number of hydrogen-bond donors (Lipinski definition) is 1. The van der Waals surface area contributed by atoms with Gasteiger partial charge in [0.25, 0.3) is 0 Å². The third kappa shape index (κ3) is 2.27. The Morgan fingerprint density at radius 2 is 2.21 bits per heavy atom. The zero-order valence-corrected chi connectivity index (χ0v) is 11.6. The number of rotatable bonds is 2. The van der Waals surface area contributed by atoms with E-state index in [0.29, 0.717) is 6.61 Å². The number of halogens is 1. The van der Waals surface area contributed by atoms with E-state index in [0.717, 1.165) is 35.9 Å². The monoisotopic (exact) mass is 280 g/mol. The molecule has 0 saturated carbocycles. The average molecular weight is 281 g/mol. The minimum Gasteiger partial charge on any atom is -0.376 e. The number of ether oxygens (including phenoxy) is 1. The Labute approximate surface area is 118 Å². The van der Waals surface area contributed by atoms with Crippen LogP contribution in [0.5, 0.6) is 0 Å². The molecule has 2 heterocycles. The predicted octanol–water partition coefficient (Wildman–Crippen LogP) is 2.17. The number of hydrogen-bond acceptors (Lipinski definition) is 3. The quantitative estimate of drug-likeness (QED) is 0.858. The molecule has 1 aromatic carbocycles. The number of carbonyl (C=O) groups excluding carboxylic acids is 1. The molecule has 1 saturated heterocycles. The number of fused-ring (bicyclic) bond motifs is 1. The first-order chi connectivity index (χ1) is 8.74. The van der Waals surface area contributed by atoms with Crippen LogP contribution in [0.3, 0.4) is 0 Å². The molecule has 1 fully saturated rings. The minimum absolute atomic E-state index is 0. The van der Waals surface area contributed by atoms with Crippen LogP contribution in [-0.2, 0) is 10.4 Å². The highest BCUT2D eigenvalue weighted by atomic mass is 35.5. The molecule has 1 aliphatic rings. The Bertz CT molecular complexity index is 588. The Balaban J connectivity index is 0.00000133. The fourth-order valence-electron chi connectivity index (χ4n) is 2.58. The van der Waals surface area contributed by atoms with Crippen LogP contribution in [-0.4, -0.2) is 30.6 Å². The summed E-state index contributed by atoms with van der Waals surface area (Å²) in [5.41, 5.74) is 1.48. The smallest absolute Gasteiger partial charge is 0.152 e. The average Bonchev–Trinajstić information content (AvgIpc) is 2.79. The number of nitrogens with one attached hydrogen (secondary N) is 1. The molecule has 0 unspecified atom stereocenters. The second-order valence-corrected chi connectivity index (χ2v) is 4.84. The van der Waals surface area contributed by atoms with Gasteiger partial charge in [0.2, 0.25) is 0 Å². The zero-order valence-electron chi connectivity index (χ0n) is 10.8. The molecule has 19 heavy (non-hydrogen) atoms. The Kier molecular flexibility index (Phi) is 3.94. The first-order valence-corrected chi connectivity index (χ1v) is 6.13. The number of aldehydes is 1. The highest BCUT2D eigenvalue weighted by Crippen LogP contribution is 2.26. The summed E-state index contributed by atoms with van der Waals surface area (Å²) in [5, 5.41) is 4.45. The van der Waals surface area contributed by atoms with Crippen molar-refractivity contribution < 1.29 is 9.53 Å². The summed E-state index contributed by atoms with van der Waals surface area (Å²) in [4.78, 5) is 11.2. The molecule has 0 spiro atoms. The van der Waals surface area contributed by atoms with Gasteiger partial charge in [-0.3, -0.25) is 10.1 Å². The van der Waals surface area contributed by atoms with Crippen molar-refractivity contribution in [2.24, 2.45) is 0 Å². The second kappa shape index (κ2) is 5.33. The maximum Gasteiger partial charge on any atom is 0.152 e. The van der Waals surface area contributed by atoms with Gasteiger partial charge in [-0.25, -0.2) is 0 Å². The van der Waals surface area contributed by atoms with Crippen LogP contribution in [0.1, 0.15) is 17.3 Å². The standard InChI is InChI=1S/C14H16N2O2.ClH/c1-14(10-18-7-6-15-14)16-8-11(9-17)12-4-2-3-5-13(12)16;/h2-5,8-9,15H,6-7,10H2,1H3;1H/t14-;/m0./s1. The van der Waals surface area contributed by atoms with Crippen LogP contribution >= 0.6 is 12.4 Å². The molecule has 1 atom stereocenters. The Morgan fingerprint density at radius 1 is 1.42 bits per heavy atom. The molecule has 4 nitrogen and oxygen atoms in total. The molecule has 1 N–H and O–H groups in total. The van der Waals surface area contributed by atoms with Gasteiger partial charge in [-0.05, 0) is 13.0 Å². The maximum atomic E-state index is 11.2. The van der Waals surface area contributed by atoms with E-state index < -0.39 is 0 Å². The molecule has 1 aromatic heterocycles. The van der Waals surface area contributed by atoms with Gasteiger partial charge in [-0.2, -0.15) is 0 Å². The van der Waals surface area contributed by atoms with Crippen molar-refractivity contribution in [3.63, 3.8) is 0 Å². The number of carbonyl (C=O) groups is 1. The van der Waals surface area contributed by atoms with Gasteiger partial charge in [0.1, 0.15) is 5.66 Å². The van der Waals surface area contributed by atoms with Gasteiger partial charge in [0.15, 0.2) is 6.29 Å². The third-order valence-electron chi connectivity index (χ3n) is 3.54. The lowest BCUT2D eigenvalue weighted by Crippen LogP contribution is -2.53. The van der Waals surface area contributed by atoms with Crippen LogP contribution < -0.4 is 5.32 Å². The fraction of sp³-hybridized carbons (Fsp3) is 0.357. The topological polar surface area (TPSA) is 43.3 Å². The second-order valence-electron chi connectivity index (χ2n) is 4.84. The van der Waals surface area contributed by atoms with Crippen LogP contribution in [0.2, 0.25) is 0 Å². The summed E-state index contributed by atoms with van der Waals surface area (Å²) in [6.45, 7) is 4.24. The van der Waals surface area contributed by atoms with Crippen molar-refractivity contribution in [3.8, 4) is 0 Å². The number of aromatic nitrogens is 1. The van der Waals surface area contributed by atoms with Gasteiger partial charge < -0.3 is 9.30 Å². The lowest BCUT2D eigenvalue weighted by Gasteiger charge is -2.36. The lowest BCUT2D eigenvalue weighted by atomic mass is 10.1. The molecule has 0 bridgehead atoms. The molecule has 1 aliphatic heterocycles. The SMILES string of the molecule is C[C@]1(n2cc(C=O)c3ccccc32)COCCN1.Cl. The number of benzene rings is 1. The third-order valence-corrected chi connectivity index (χ3v) is 3.54. The van der Waals surface area contributed by atoms with E-state index in [9.17, 15) is 4.79 Å². The zero-order chi connectivity index (χ0) is 12.6. The molecular formula is C14H17ClN2O2. The van der Waals surface area contributed by atoms with Gasteiger partial charge in [-0.1, -0.05) is 18.2 Å². The summed E-state index contributed by atoms with van der Waals surface area (Å²) < 4.78 is 7.66. The molecule has 0 aliphatic carbocycles.